The van der Waals surface area contributed by atoms with E-state index in [1.165, 1.54) is 17.5 Å². The molecule has 1 rings (SSSR count). The minimum absolute atomic E-state index is 0.569. The lowest BCUT2D eigenvalue weighted by Crippen LogP contribution is -1.83. The van der Waals surface area contributed by atoms with E-state index < -0.39 is 0 Å². The number of thiazole rings is 1. The normalized spacial score (nSPS) is 11.6. The fraction of sp³-hybridized carbons (Fsp3) is 0.111. The summed E-state index contributed by atoms with van der Waals surface area (Å²) in [6, 6.07) is 2.02. The maximum atomic E-state index is 8.62. The Kier molecular flexibility index (Phi) is 3.70. The van der Waals surface area contributed by atoms with E-state index in [0.29, 0.717) is 4.88 Å². The second-order valence-corrected chi connectivity index (χ2v) is 3.33. The lowest BCUT2D eigenvalue weighted by atomic mass is 10.3. The van der Waals surface area contributed by atoms with Gasteiger partial charge in [-0.25, -0.2) is 4.98 Å². The molecule has 4 nitrogen and oxygen atoms in total. The highest BCUT2D eigenvalue weighted by Gasteiger charge is 2.04. The Morgan fingerprint density at radius 1 is 1.79 bits per heavy atom. The van der Waals surface area contributed by atoms with Crippen molar-refractivity contribution in [3.05, 3.63) is 22.3 Å². The van der Waals surface area contributed by atoms with Crippen LogP contribution in [0.5, 0.6) is 0 Å². The van der Waals surface area contributed by atoms with Crippen LogP contribution >= 0.6 is 11.3 Å². The molecular weight excluding hydrogens is 196 g/mol. The SMILES string of the molecule is C=N/C=C(\C=N/C)c1ncc(C#N)s1. The predicted molar refractivity (Wildman–Crippen MR) is 58.8 cm³/mol. The lowest BCUT2D eigenvalue weighted by molar-refractivity contribution is 1.36. The molecule has 0 aromatic carbocycles. The third-order valence-electron chi connectivity index (χ3n) is 1.36. The van der Waals surface area contributed by atoms with Gasteiger partial charge in [0.2, 0.25) is 0 Å². The smallest absolute Gasteiger partial charge is 0.127 e. The molecule has 14 heavy (non-hydrogen) atoms. The molecule has 0 spiro atoms. The molecule has 0 aliphatic heterocycles. The lowest BCUT2D eigenvalue weighted by Gasteiger charge is -1.91. The Morgan fingerprint density at radius 3 is 3.07 bits per heavy atom. The summed E-state index contributed by atoms with van der Waals surface area (Å²) in [5.41, 5.74) is 0.758. The zero-order valence-corrected chi connectivity index (χ0v) is 8.45. The number of aliphatic imine (C=N–C) groups is 2. The molecular formula is C9H8N4S. The summed E-state index contributed by atoms with van der Waals surface area (Å²) in [7, 11) is 1.66. The van der Waals surface area contributed by atoms with Crippen LogP contribution in [0.1, 0.15) is 9.88 Å². The van der Waals surface area contributed by atoms with E-state index in [2.05, 4.69) is 21.7 Å². The van der Waals surface area contributed by atoms with Crippen molar-refractivity contribution in [3.63, 3.8) is 0 Å². The first kappa shape index (κ1) is 10.3. The van der Waals surface area contributed by atoms with E-state index in [1.54, 1.807) is 19.5 Å². The summed E-state index contributed by atoms with van der Waals surface area (Å²) in [5, 5.41) is 9.35. The fourth-order valence-electron chi connectivity index (χ4n) is 0.840. The Bertz CT molecular complexity index is 422. The summed E-state index contributed by atoms with van der Waals surface area (Å²) < 4.78 is 0. The van der Waals surface area contributed by atoms with Crippen LogP contribution in [0.25, 0.3) is 5.57 Å². The molecule has 0 N–H and O–H groups in total. The highest BCUT2D eigenvalue weighted by atomic mass is 32.1. The van der Waals surface area contributed by atoms with E-state index in [9.17, 15) is 0 Å². The van der Waals surface area contributed by atoms with Crippen molar-refractivity contribution >= 4 is 29.8 Å². The van der Waals surface area contributed by atoms with Gasteiger partial charge in [0.1, 0.15) is 16.0 Å². The number of hydrogen-bond donors (Lipinski definition) is 0. The number of aromatic nitrogens is 1. The minimum atomic E-state index is 0.569. The van der Waals surface area contributed by atoms with Gasteiger partial charge in [0, 0.05) is 25.0 Å². The Hall–Kier alpha value is -1.80. The number of hydrogen-bond acceptors (Lipinski definition) is 5. The molecule has 0 aliphatic carbocycles. The van der Waals surface area contributed by atoms with Gasteiger partial charge in [-0.15, -0.1) is 11.3 Å². The maximum absolute atomic E-state index is 8.62. The molecule has 0 aliphatic rings. The monoisotopic (exact) mass is 204 g/mol. The first-order chi connectivity index (χ1) is 6.81. The molecule has 1 aromatic rings. The van der Waals surface area contributed by atoms with Gasteiger partial charge in [0.15, 0.2) is 0 Å². The summed E-state index contributed by atoms with van der Waals surface area (Å²) in [6.07, 6.45) is 4.72. The third-order valence-corrected chi connectivity index (χ3v) is 2.31. The molecule has 5 heteroatoms. The Labute approximate surface area is 86.0 Å². The largest absolute Gasteiger partial charge is 0.296 e. The zero-order chi connectivity index (χ0) is 10.4. The summed E-state index contributed by atoms with van der Waals surface area (Å²) in [6.45, 7) is 3.36. The van der Waals surface area contributed by atoms with Crippen molar-refractivity contribution in [2.75, 3.05) is 7.05 Å². The van der Waals surface area contributed by atoms with Crippen molar-refractivity contribution < 1.29 is 0 Å². The number of rotatable bonds is 3. The van der Waals surface area contributed by atoms with E-state index >= 15 is 0 Å². The second kappa shape index (κ2) is 5.04. The summed E-state index contributed by atoms with van der Waals surface area (Å²) in [5.74, 6) is 0. The Morgan fingerprint density at radius 2 is 2.57 bits per heavy atom. The third kappa shape index (κ3) is 2.34. The first-order valence-corrected chi connectivity index (χ1v) is 4.58. The van der Waals surface area contributed by atoms with Gasteiger partial charge in [-0.3, -0.25) is 9.98 Å². The standard InChI is InChI=1S/C9H8N4S/c1-11-4-7(5-12-2)9-13-6-8(3-10)14-9/h4-6H,1H2,2H3/b7-4+,12-5-. The second-order valence-electron chi connectivity index (χ2n) is 2.30. The van der Waals surface area contributed by atoms with Crippen LogP contribution in [0.15, 0.2) is 22.4 Å². The average molecular weight is 204 g/mol. The quantitative estimate of drug-likeness (QED) is 0.704. The summed E-state index contributed by atoms with van der Waals surface area (Å²) in [4.78, 5) is 12.2. The fourth-order valence-corrected chi connectivity index (χ4v) is 1.53. The minimum Gasteiger partial charge on any atom is -0.296 e. The van der Waals surface area contributed by atoms with Crippen LogP contribution in [-0.4, -0.2) is 25.0 Å². The van der Waals surface area contributed by atoms with Crippen molar-refractivity contribution in [3.8, 4) is 6.07 Å². The molecule has 0 saturated heterocycles. The highest BCUT2D eigenvalue weighted by Crippen LogP contribution is 2.19. The molecule has 1 aromatic heterocycles. The van der Waals surface area contributed by atoms with E-state index in [4.69, 9.17) is 5.26 Å². The topological polar surface area (TPSA) is 61.4 Å². The van der Waals surface area contributed by atoms with Gasteiger partial charge >= 0.3 is 0 Å². The molecule has 0 bridgehead atoms. The molecule has 0 fully saturated rings. The highest BCUT2D eigenvalue weighted by molar-refractivity contribution is 7.13. The van der Waals surface area contributed by atoms with Gasteiger partial charge in [0.05, 0.1) is 6.20 Å². The number of nitrogens with zero attached hydrogens (tertiary/aromatic N) is 4. The van der Waals surface area contributed by atoms with Gasteiger partial charge in [-0.1, -0.05) is 0 Å². The summed E-state index contributed by atoms with van der Waals surface area (Å²) >= 11 is 1.30. The van der Waals surface area contributed by atoms with Crippen LogP contribution < -0.4 is 0 Å². The number of allylic oxidation sites excluding steroid dienone is 1. The molecule has 0 amide bonds. The Balaban J connectivity index is 3.06. The molecule has 0 unspecified atom stereocenters. The van der Waals surface area contributed by atoms with Crippen LogP contribution in [0.2, 0.25) is 0 Å². The van der Waals surface area contributed by atoms with Crippen molar-refractivity contribution in [1.29, 1.82) is 5.26 Å². The predicted octanol–water partition coefficient (Wildman–Crippen LogP) is 1.76. The first-order valence-electron chi connectivity index (χ1n) is 3.76. The van der Waals surface area contributed by atoms with Gasteiger partial charge in [-0.05, 0) is 6.72 Å². The zero-order valence-electron chi connectivity index (χ0n) is 7.64. The molecule has 1 heterocycles. The van der Waals surface area contributed by atoms with Crippen molar-refractivity contribution in [2.45, 2.75) is 0 Å². The van der Waals surface area contributed by atoms with Crippen LogP contribution in [0.4, 0.5) is 0 Å². The van der Waals surface area contributed by atoms with Gasteiger partial charge in [-0.2, -0.15) is 5.26 Å². The van der Waals surface area contributed by atoms with Crippen LogP contribution in [-0.2, 0) is 0 Å². The van der Waals surface area contributed by atoms with Gasteiger partial charge < -0.3 is 0 Å². The molecule has 0 atom stereocenters. The van der Waals surface area contributed by atoms with Gasteiger partial charge in [0.25, 0.3) is 0 Å². The van der Waals surface area contributed by atoms with E-state index in [0.717, 1.165) is 10.6 Å². The maximum Gasteiger partial charge on any atom is 0.127 e. The van der Waals surface area contributed by atoms with Crippen molar-refractivity contribution in [2.24, 2.45) is 9.98 Å². The van der Waals surface area contributed by atoms with Crippen molar-refractivity contribution in [1.82, 2.24) is 4.98 Å². The molecule has 0 radical (unpaired) electrons. The molecule has 0 saturated carbocycles. The van der Waals surface area contributed by atoms with Crippen LogP contribution in [0.3, 0.4) is 0 Å². The van der Waals surface area contributed by atoms with Crippen LogP contribution in [0, 0.1) is 11.3 Å². The molecule has 70 valence electrons. The van der Waals surface area contributed by atoms with E-state index in [1.807, 2.05) is 6.07 Å². The van der Waals surface area contributed by atoms with E-state index in [-0.39, 0.29) is 0 Å². The average Bonchev–Trinajstić information content (AvgIpc) is 2.65. The number of nitriles is 1.